The van der Waals surface area contributed by atoms with Crippen molar-refractivity contribution < 1.29 is 18.7 Å². The normalized spacial score (nSPS) is 10.5. The topological polar surface area (TPSA) is 35.5 Å². The van der Waals surface area contributed by atoms with Gasteiger partial charge in [0.1, 0.15) is 5.82 Å². The summed E-state index contributed by atoms with van der Waals surface area (Å²) in [5.74, 6) is -0.707. The SMILES string of the molecule is COCCOCCC(=O)c1cc(C)ccc1F. The average Bonchev–Trinajstić information content (AvgIpc) is 2.32. The van der Waals surface area contributed by atoms with Crippen molar-refractivity contribution in [2.75, 3.05) is 26.9 Å². The van der Waals surface area contributed by atoms with Crippen LogP contribution < -0.4 is 0 Å². The van der Waals surface area contributed by atoms with Gasteiger partial charge in [-0.05, 0) is 19.1 Å². The van der Waals surface area contributed by atoms with E-state index in [-0.39, 0.29) is 24.4 Å². The van der Waals surface area contributed by atoms with Crippen LogP contribution in [0.1, 0.15) is 22.3 Å². The number of aryl methyl sites for hydroxylation is 1. The van der Waals surface area contributed by atoms with Gasteiger partial charge in [0.2, 0.25) is 0 Å². The molecule has 0 aromatic heterocycles. The Balaban J connectivity index is 2.44. The molecule has 4 heteroatoms. The quantitative estimate of drug-likeness (QED) is 0.542. The second-order valence-corrected chi connectivity index (χ2v) is 3.76. The number of carbonyl (C=O) groups is 1. The molecule has 0 unspecified atom stereocenters. The van der Waals surface area contributed by atoms with E-state index in [4.69, 9.17) is 9.47 Å². The Morgan fingerprint density at radius 2 is 2.06 bits per heavy atom. The lowest BCUT2D eigenvalue weighted by Crippen LogP contribution is -2.09. The molecule has 0 radical (unpaired) electrons. The molecule has 0 amide bonds. The van der Waals surface area contributed by atoms with Gasteiger partial charge in [0, 0.05) is 13.5 Å². The Bertz CT molecular complexity index is 377. The predicted octanol–water partition coefficient (Wildman–Crippen LogP) is 2.37. The largest absolute Gasteiger partial charge is 0.382 e. The number of ketones is 1. The summed E-state index contributed by atoms with van der Waals surface area (Å²) in [4.78, 5) is 11.7. The number of methoxy groups -OCH3 is 1. The number of rotatable bonds is 7. The third-order valence-electron chi connectivity index (χ3n) is 2.33. The molecule has 3 nitrogen and oxygen atoms in total. The van der Waals surface area contributed by atoms with Crippen LogP contribution in [0.25, 0.3) is 0 Å². The van der Waals surface area contributed by atoms with Gasteiger partial charge in [-0.15, -0.1) is 0 Å². The van der Waals surface area contributed by atoms with E-state index in [9.17, 15) is 9.18 Å². The summed E-state index contributed by atoms with van der Waals surface area (Å²) in [6, 6.07) is 4.52. The van der Waals surface area contributed by atoms with Crippen molar-refractivity contribution in [2.45, 2.75) is 13.3 Å². The standard InChI is InChI=1S/C13H17FO3/c1-10-3-4-12(14)11(9-10)13(15)5-6-17-8-7-16-2/h3-4,9H,5-8H2,1-2H3. The molecular weight excluding hydrogens is 223 g/mol. The van der Waals surface area contributed by atoms with Crippen LogP contribution in [0.2, 0.25) is 0 Å². The lowest BCUT2D eigenvalue weighted by atomic mass is 10.1. The molecule has 0 heterocycles. The minimum absolute atomic E-state index is 0.139. The number of benzene rings is 1. The zero-order chi connectivity index (χ0) is 12.7. The molecule has 1 aromatic rings. The van der Waals surface area contributed by atoms with E-state index in [0.717, 1.165) is 5.56 Å². The molecule has 0 atom stereocenters. The van der Waals surface area contributed by atoms with Gasteiger partial charge in [-0.3, -0.25) is 4.79 Å². The van der Waals surface area contributed by atoms with Gasteiger partial charge in [-0.25, -0.2) is 4.39 Å². The number of hydrogen-bond donors (Lipinski definition) is 0. The van der Waals surface area contributed by atoms with Gasteiger partial charge in [0.15, 0.2) is 5.78 Å². The van der Waals surface area contributed by atoms with E-state index in [2.05, 4.69) is 0 Å². The van der Waals surface area contributed by atoms with Crippen LogP contribution in [0.3, 0.4) is 0 Å². The highest BCUT2D eigenvalue weighted by Crippen LogP contribution is 2.12. The minimum Gasteiger partial charge on any atom is -0.382 e. The fourth-order valence-electron chi connectivity index (χ4n) is 1.40. The molecule has 0 aliphatic carbocycles. The Kier molecular flexibility index (Phi) is 5.80. The van der Waals surface area contributed by atoms with Gasteiger partial charge in [0.25, 0.3) is 0 Å². The van der Waals surface area contributed by atoms with Crippen LogP contribution in [0.4, 0.5) is 4.39 Å². The molecule has 0 bridgehead atoms. The van der Waals surface area contributed by atoms with Crippen LogP contribution in [-0.2, 0) is 9.47 Å². The summed E-state index contributed by atoms with van der Waals surface area (Å²) in [5, 5.41) is 0. The van der Waals surface area contributed by atoms with E-state index in [0.29, 0.717) is 13.2 Å². The number of hydrogen-bond acceptors (Lipinski definition) is 3. The van der Waals surface area contributed by atoms with E-state index < -0.39 is 5.82 Å². The maximum atomic E-state index is 13.4. The summed E-state index contributed by atoms with van der Waals surface area (Å²) in [7, 11) is 1.58. The third kappa shape index (κ3) is 4.63. The molecule has 0 saturated heterocycles. The van der Waals surface area contributed by atoms with E-state index in [1.54, 1.807) is 19.2 Å². The Labute approximate surface area is 101 Å². The zero-order valence-electron chi connectivity index (χ0n) is 10.2. The number of carbonyl (C=O) groups excluding carboxylic acids is 1. The molecule has 0 fully saturated rings. The second-order valence-electron chi connectivity index (χ2n) is 3.76. The molecule has 0 aliphatic heterocycles. The maximum Gasteiger partial charge on any atom is 0.168 e. The first kappa shape index (κ1) is 13.8. The van der Waals surface area contributed by atoms with Gasteiger partial charge in [-0.2, -0.15) is 0 Å². The summed E-state index contributed by atoms with van der Waals surface area (Å²) in [6.07, 6.45) is 0.185. The molecule has 0 spiro atoms. The maximum absolute atomic E-state index is 13.4. The lowest BCUT2D eigenvalue weighted by Gasteiger charge is -2.05. The molecule has 17 heavy (non-hydrogen) atoms. The molecule has 1 rings (SSSR count). The minimum atomic E-state index is -0.475. The molecule has 1 aromatic carbocycles. The van der Waals surface area contributed by atoms with Gasteiger partial charge < -0.3 is 9.47 Å². The van der Waals surface area contributed by atoms with E-state index in [1.165, 1.54) is 6.07 Å². The van der Waals surface area contributed by atoms with Crippen molar-refractivity contribution in [2.24, 2.45) is 0 Å². The summed E-state index contributed by atoms with van der Waals surface area (Å²) in [6.45, 7) is 3.05. The lowest BCUT2D eigenvalue weighted by molar-refractivity contribution is 0.0640. The van der Waals surface area contributed by atoms with Crippen LogP contribution >= 0.6 is 0 Å². The highest BCUT2D eigenvalue weighted by Gasteiger charge is 2.11. The van der Waals surface area contributed by atoms with E-state index >= 15 is 0 Å². The fourth-order valence-corrected chi connectivity index (χ4v) is 1.40. The highest BCUT2D eigenvalue weighted by atomic mass is 19.1. The first-order chi connectivity index (χ1) is 8.15. The Hall–Kier alpha value is -1.26. The third-order valence-corrected chi connectivity index (χ3v) is 2.33. The number of halogens is 1. The predicted molar refractivity (Wildman–Crippen MR) is 62.8 cm³/mol. The van der Waals surface area contributed by atoms with Crippen molar-refractivity contribution in [1.82, 2.24) is 0 Å². The molecule has 94 valence electrons. The van der Waals surface area contributed by atoms with Gasteiger partial charge in [-0.1, -0.05) is 11.6 Å². The molecular formula is C13H17FO3. The van der Waals surface area contributed by atoms with Gasteiger partial charge >= 0.3 is 0 Å². The van der Waals surface area contributed by atoms with Crippen molar-refractivity contribution in [3.05, 3.63) is 35.1 Å². The van der Waals surface area contributed by atoms with Crippen molar-refractivity contribution in [3.8, 4) is 0 Å². The summed E-state index contributed by atoms with van der Waals surface area (Å²) >= 11 is 0. The fraction of sp³-hybridized carbons (Fsp3) is 0.462. The first-order valence-corrected chi connectivity index (χ1v) is 5.51. The van der Waals surface area contributed by atoms with Crippen LogP contribution in [0, 0.1) is 12.7 Å². The molecule has 0 saturated carbocycles. The first-order valence-electron chi connectivity index (χ1n) is 5.51. The van der Waals surface area contributed by atoms with Crippen LogP contribution in [0.5, 0.6) is 0 Å². The summed E-state index contributed by atoms with van der Waals surface area (Å²) < 4.78 is 23.3. The van der Waals surface area contributed by atoms with Crippen molar-refractivity contribution in [1.29, 1.82) is 0 Å². The van der Waals surface area contributed by atoms with Crippen LogP contribution in [-0.4, -0.2) is 32.7 Å². The monoisotopic (exact) mass is 240 g/mol. The Morgan fingerprint density at radius 3 is 2.76 bits per heavy atom. The van der Waals surface area contributed by atoms with Crippen LogP contribution in [0.15, 0.2) is 18.2 Å². The Morgan fingerprint density at radius 1 is 1.29 bits per heavy atom. The van der Waals surface area contributed by atoms with Crippen molar-refractivity contribution in [3.63, 3.8) is 0 Å². The summed E-state index contributed by atoms with van der Waals surface area (Å²) in [5.41, 5.74) is 1.01. The molecule has 0 N–H and O–H groups in total. The highest BCUT2D eigenvalue weighted by molar-refractivity contribution is 5.96. The number of Topliss-reactive ketones (excluding diaryl/α,β-unsaturated/α-hetero) is 1. The number of ether oxygens (including phenoxy) is 2. The molecule has 0 aliphatic rings. The smallest absolute Gasteiger partial charge is 0.168 e. The second kappa shape index (κ2) is 7.14. The average molecular weight is 240 g/mol. The van der Waals surface area contributed by atoms with Crippen molar-refractivity contribution >= 4 is 5.78 Å². The van der Waals surface area contributed by atoms with Gasteiger partial charge in [0.05, 0.1) is 25.4 Å². The zero-order valence-corrected chi connectivity index (χ0v) is 10.2. The van der Waals surface area contributed by atoms with E-state index in [1.807, 2.05) is 6.92 Å².